The molecular formula is C6H12N6O. The zero-order valence-electron chi connectivity index (χ0n) is 7.09. The third kappa shape index (κ3) is 2.41. The molecule has 1 aromatic rings. The van der Waals surface area contributed by atoms with E-state index in [9.17, 15) is 0 Å². The Kier molecular flexibility index (Phi) is 3.21. The topological polar surface area (TPSA) is 115 Å². The standard InChI is InChI=1S/C6H12N6O/c7-2-1-3-12-4-5(9-11-12)6(8)10-13/h4,13H,1-3,7H2,(H2,8,10). The molecule has 7 heteroatoms. The molecule has 0 saturated carbocycles. The number of nitrogens with zero attached hydrogens (tertiary/aromatic N) is 4. The van der Waals surface area contributed by atoms with Crippen molar-refractivity contribution in [1.29, 1.82) is 0 Å². The van der Waals surface area contributed by atoms with Crippen LogP contribution in [0.2, 0.25) is 0 Å². The highest BCUT2D eigenvalue weighted by Gasteiger charge is 2.04. The predicted octanol–water partition coefficient (Wildman–Crippen LogP) is -1.28. The van der Waals surface area contributed by atoms with Crippen LogP contribution in [-0.4, -0.2) is 32.6 Å². The van der Waals surface area contributed by atoms with Gasteiger partial charge in [-0.05, 0) is 13.0 Å². The molecule has 0 atom stereocenters. The van der Waals surface area contributed by atoms with Crippen molar-refractivity contribution in [1.82, 2.24) is 15.0 Å². The van der Waals surface area contributed by atoms with E-state index in [1.54, 1.807) is 10.9 Å². The Balaban J connectivity index is 2.64. The predicted molar refractivity (Wildman–Crippen MR) is 46.2 cm³/mol. The van der Waals surface area contributed by atoms with Crippen LogP contribution < -0.4 is 11.5 Å². The molecule has 13 heavy (non-hydrogen) atoms. The minimum atomic E-state index is -0.0426. The summed E-state index contributed by atoms with van der Waals surface area (Å²) < 4.78 is 1.60. The van der Waals surface area contributed by atoms with Crippen LogP contribution in [0.5, 0.6) is 0 Å². The molecule has 0 fully saturated rings. The van der Waals surface area contributed by atoms with Crippen molar-refractivity contribution in [3.8, 4) is 0 Å². The monoisotopic (exact) mass is 184 g/mol. The highest BCUT2D eigenvalue weighted by Crippen LogP contribution is 1.93. The molecule has 1 heterocycles. The minimum Gasteiger partial charge on any atom is -0.409 e. The van der Waals surface area contributed by atoms with Gasteiger partial charge in [-0.1, -0.05) is 10.4 Å². The zero-order chi connectivity index (χ0) is 9.68. The molecule has 7 nitrogen and oxygen atoms in total. The van der Waals surface area contributed by atoms with E-state index in [2.05, 4.69) is 15.5 Å². The van der Waals surface area contributed by atoms with Gasteiger partial charge in [-0.2, -0.15) is 0 Å². The number of rotatable bonds is 4. The largest absolute Gasteiger partial charge is 0.409 e. The van der Waals surface area contributed by atoms with E-state index in [-0.39, 0.29) is 5.84 Å². The highest BCUT2D eigenvalue weighted by atomic mass is 16.4. The molecule has 0 saturated heterocycles. The molecule has 5 N–H and O–H groups in total. The van der Waals surface area contributed by atoms with Gasteiger partial charge < -0.3 is 16.7 Å². The second-order valence-corrected chi connectivity index (χ2v) is 2.49. The van der Waals surface area contributed by atoms with Gasteiger partial charge in [0.15, 0.2) is 11.5 Å². The Morgan fingerprint density at radius 2 is 2.46 bits per heavy atom. The van der Waals surface area contributed by atoms with Crippen LogP contribution in [0.25, 0.3) is 0 Å². The normalized spacial score (nSPS) is 11.9. The van der Waals surface area contributed by atoms with E-state index >= 15 is 0 Å². The first kappa shape index (κ1) is 9.46. The second kappa shape index (κ2) is 4.41. The molecular weight excluding hydrogens is 172 g/mol. The number of hydrogen-bond donors (Lipinski definition) is 3. The lowest BCUT2D eigenvalue weighted by molar-refractivity contribution is 0.318. The van der Waals surface area contributed by atoms with Crippen LogP contribution >= 0.6 is 0 Å². The smallest absolute Gasteiger partial charge is 0.192 e. The summed E-state index contributed by atoms with van der Waals surface area (Å²) >= 11 is 0. The molecule has 0 bridgehead atoms. The van der Waals surface area contributed by atoms with Crippen LogP contribution in [0.15, 0.2) is 11.4 Å². The van der Waals surface area contributed by atoms with Crippen molar-refractivity contribution in [2.75, 3.05) is 6.54 Å². The van der Waals surface area contributed by atoms with Crippen molar-refractivity contribution in [3.63, 3.8) is 0 Å². The summed E-state index contributed by atoms with van der Waals surface area (Å²) in [4.78, 5) is 0. The number of oxime groups is 1. The molecule has 1 rings (SSSR count). The van der Waals surface area contributed by atoms with Crippen LogP contribution in [0.3, 0.4) is 0 Å². The van der Waals surface area contributed by atoms with Gasteiger partial charge in [0.05, 0.1) is 6.20 Å². The molecule has 0 spiro atoms. The fourth-order valence-corrected chi connectivity index (χ4v) is 0.830. The maximum Gasteiger partial charge on any atom is 0.192 e. The van der Waals surface area contributed by atoms with E-state index < -0.39 is 0 Å². The molecule has 0 aliphatic heterocycles. The molecule has 72 valence electrons. The first-order chi connectivity index (χ1) is 6.27. The van der Waals surface area contributed by atoms with E-state index in [1.807, 2.05) is 0 Å². The summed E-state index contributed by atoms with van der Waals surface area (Å²) in [5, 5.41) is 18.6. The van der Waals surface area contributed by atoms with Crippen LogP contribution in [0, 0.1) is 0 Å². The summed E-state index contributed by atoms with van der Waals surface area (Å²) in [5.74, 6) is -0.0426. The Morgan fingerprint density at radius 3 is 3.08 bits per heavy atom. The highest BCUT2D eigenvalue weighted by molar-refractivity contribution is 5.94. The number of aromatic nitrogens is 3. The van der Waals surface area contributed by atoms with E-state index in [1.165, 1.54) is 0 Å². The van der Waals surface area contributed by atoms with Crippen molar-refractivity contribution >= 4 is 5.84 Å². The lowest BCUT2D eigenvalue weighted by atomic mass is 10.4. The van der Waals surface area contributed by atoms with Gasteiger partial charge in [0.2, 0.25) is 0 Å². The van der Waals surface area contributed by atoms with Gasteiger partial charge >= 0.3 is 0 Å². The lowest BCUT2D eigenvalue weighted by Gasteiger charge is -1.95. The average Bonchev–Trinajstić information content (AvgIpc) is 2.62. The van der Waals surface area contributed by atoms with Crippen molar-refractivity contribution in [3.05, 3.63) is 11.9 Å². The fraction of sp³-hybridized carbons (Fsp3) is 0.500. The van der Waals surface area contributed by atoms with Crippen LogP contribution in [0.4, 0.5) is 0 Å². The Bertz CT molecular complexity index is 293. The van der Waals surface area contributed by atoms with Crippen molar-refractivity contribution in [2.45, 2.75) is 13.0 Å². The molecule has 0 unspecified atom stereocenters. The van der Waals surface area contributed by atoms with Crippen molar-refractivity contribution < 1.29 is 5.21 Å². The first-order valence-electron chi connectivity index (χ1n) is 3.86. The second-order valence-electron chi connectivity index (χ2n) is 2.49. The van der Waals surface area contributed by atoms with Crippen molar-refractivity contribution in [2.24, 2.45) is 16.6 Å². The molecule has 0 aromatic carbocycles. The van der Waals surface area contributed by atoms with Gasteiger partial charge in [-0.25, -0.2) is 0 Å². The molecule has 0 aliphatic carbocycles. The summed E-state index contributed by atoms with van der Waals surface area (Å²) in [6.45, 7) is 1.28. The number of aryl methyl sites for hydroxylation is 1. The quantitative estimate of drug-likeness (QED) is 0.233. The van der Waals surface area contributed by atoms with E-state index in [0.29, 0.717) is 18.8 Å². The molecule has 0 radical (unpaired) electrons. The summed E-state index contributed by atoms with van der Waals surface area (Å²) in [7, 11) is 0. The Hall–Kier alpha value is -1.63. The van der Waals surface area contributed by atoms with Gasteiger partial charge in [-0.3, -0.25) is 4.68 Å². The Morgan fingerprint density at radius 1 is 1.69 bits per heavy atom. The van der Waals surface area contributed by atoms with E-state index in [0.717, 1.165) is 6.42 Å². The maximum absolute atomic E-state index is 8.34. The molecule has 1 aromatic heterocycles. The summed E-state index contributed by atoms with van der Waals surface area (Å²) in [6.07, 6.45) is 2.42. The van der Waals surface area contributed by atoms with Gasteiger partial charge in [0.1, 0.15) is 0 Å². The van der Waals surface area contributed by atoms with Gasteiger partial charge in [0.25, 0.3) is 0 Å². The summed E-state index contributed by atoms with van der Waals surface area (Å²) in [6, 6.07) is 0. The summed E-state index contributed by atoms with van der Waals surface area (Å²) in [5.41, 5.74) is 11.0. The Labute approximate surface area is 75.0 Å². The number of nitrogens with two attached hydrogens (primary N) is 2. The third-order valence-electron chi connectivity index (χ3n) is 1.50. The minimum absolute atomic E-state index is 0.0426. The number of hydrogen-bond acceptors (Lipinski definition) is 5. The van der Waals surface area contributed by atoms with Crippen LogP contribution in [-0.2, 0) is 6.54 Å². The first-order valence-corrected chi connectivity index (χ1v) is 3.86. The van der Waals surface area contributed by atoms with Gasteiger partial charge in [0, 0.05) is 6.54 Å². The van der Waals surface area contributed by atoms with Crippen LogP contribution in [0.1, 0.15) is 12.1 Å². The van der Waals surface area contributed by atoms with Gasteiger partial charge in [-0.15, -0.1) is 5.10 Å². The average molecular weight is 184 g/mol. The third-order valence-corrected chi connectivity index (χ3v) is 1.50. The molecule has 0 amide bonds. The fourth-order valence-electron chi connectivity index (χ4n) is 0.830. The SMILES string of the molecule is NCCCn1cc(/C(N)=N/O)nn1. The number of amidine groups is 1. The maximum atomic E-state index is 8.34. The molecule has 0 aliphatic rings. The zero-order valence-corrected chi connectivity index (χ0v) is 7.09. The van der Waals surface area contributed by atoms with E-state index in [4.69, 9.17) is 16.7 Å². The lowest BCUT2D eigenvalue weighted by Crippen LogP contribution is -2.13.